The number of rotatable bonds is 5. The monoisotopic (exact) mass is 384 g/mol. The van der Waals surface area contributed by atoms with Gasteiger partial charge in [-0.15, -0.1) is 12.4 Å². The Balaban J connectivity index is 0.00000196. The number of hydrogen-bond acceptors (Lipinski definition) is 3. The van der Waals surface area contributed by atoms with E-state index in [0.717, 1.165) is 38.3 Å². The van der Waals surface area contributed by atoms with Gasteiger partial charge < -0.3 is 15.0 Å². The normalized spacial score (nSPS) is 39.4. The van der Waals surface area contributed by atoms with Crippen molar-refractivity contribution in [2.24, 2.45) is 11.8 Å². The van der Waals surface area contributed by atoms with Crippen molar-refractivity contribution >= 4 is 18.3 Å². The smallest absolute Gasteiger partial charge is 0.223 e. The second kappa shape index (κ2) is 9.25. The zero-order valence-corrected chi connectivity index (χ0v) is 17.1. The Morgan fingerprint density at radius 1 is 1.04 bits per heavy atom. The molecule has 3 aliphatic heterocycles. The van der Waals surface area contributed by atoms with Gasteiger partial charge in [0.25, 0.3) is 0 Å². The van der Waals surface area contributed by atoms with E-state index in [0.29, 0.717) is 30.0 Å². The first kappa shape index (κ1) is 20.4. The number of amides is 1. The molecule has 1 aliphatic carbocycles. The number of carbonyl (C=O) groups is 1. The Hall–Kier alpha value is -0.320. The number of nitrogens with zero attached hydrogens (tertiary/aromatic N) is 1. The lowest BCUT2D eigenvalue weighted by molar-refractivity contribution is -0.137. The summed E-state index contributed by atoms with van der Waals surface area (Å²) < 4.78 is 5.88. The lowest BCUT2D eigenvalue weighted by Crippen LogP contribution is -2.47. The predicted octanol–water partition coefficient (Wildman–Crippen LogP) is 3.92. The molecule has 4 nitrogen and oxygen atoms in total. The maximum Gasteiger partial charge on any atom is 0.223 e. The molecule has 26 heavy (non-hydrogen) atoms. The molecule has 1 N–H and O–H groups in total. The summed E-state index contributed by atoms with van der Waals surface area (Å²) in [7, 11) is 0. The Kier molecular flexibility index (Phi) is 7.26. The van der Waals surface area contributed by atoms with Gasteiger partial charge in [-0.25, -0.2) is 0 Å². The summed E-state index contributed by atoms with van der Waals surface area (Å²) in [5, 5.41) is 3.70. The minimum atomic E-state index is 0. The zero-order valence-electron chi connectivity index (χ0n) is 16.3. The zero-order chi connectivity index (χ0) is 17.2. The fourth-order valence-corrected chi connectivity index (χ4v) is 5.72. The Morgan fingerprint density at radius 3 is 2.35 bits per heavy atom. The van der Waals surface area contributed by atoms with Crippen LogP contribution < -0.4 is 5.32 Å². The molecule has 0 aromatic carbocycles. The van der Waals surface area contributed by atoms with Gasteiger partial charge in [-0.05, 0) is 76.0 Å². The number of ether oxygens (including phenoxy) is 1. The molecule has 1 saturated carbocycles. The Labute approximate surface area is 165 Å². The van der Waals surface area contributed by atoms with Crippen molar-refractivity contribution in [1.29, 1.82) is 0 Å². The fraction of sp³-hybridized carbons (Fsp3) is 0.952. The van der Waals surface area contributed by atoms with Gasteiger partial charge in [-0.1, -0.05) is 6.92 Å². The number of fused-ring (bicyclic) bond motifs is 2. The van der Waals surface area contributed by atoms with Crippen molar-refractivity contribution in [1.82, 2.24) is 10.2 Å². The molecule has 0 aromatic rings. The highest BCUT2D eigenvalue weighted by atomic mass is 35.5. The van der Waals surface area contributed by atoms with Gasteiger partial charge in [0.2, 0.25) is 5.91 Å². The summed E-state index contributed by atoms with van der Waals surface area (Å²) in [6.07, 6.45) is 13.3. The average molecular weight is 385 g/mol. The highest BCUT2D eigenvalue weighted by Gasteiger charge is 2.36. The van der Waals surface area contributed by atoms with Crippen LogP contribution in [0.4, 0.5) is 0 Å². The van der Waals surface area contributed by atoms with Crippen LogP contribution in [0.25, 0.3) is 0 Å². The second-order valence-electron chi connectivity index (χ2n) is 9.27. The van der Waals surface area contributed by atoms with Gasteiger partial charge in [0, 0.05) is 37.7 Å². The molecule has 1 amide bonds. The third-order valence-corrected chi connectivity index (χ3v) is 7.20. The van der Waals surface area contributed by atoms with Crippen LogP contribution in [0.15, 0.2) is 0 Å². The Morgan fingerprint density at radius 2 is 1.73 bits per heavy atom. The van der Waals surface area contributed by atoms with E-state index in [4.69, 9.17) is 4.74 Å². The van der Waals surface area contributed by atoms with Crippen molar-refractivity contribution < 1.29 is 9.53 Å². The standard InChI is InChI=1S/C21H36N2O2.ClH/c1-15-4-8-19(9-5-15)23(14-20-3-2-10-25-20)21(24)13-16-11-17-6-7-18(12-16)22-17;/h15-20,22H,2-14H2,1H3;1H. The number of piperidine rings is 1. The van der Waals surface area contributed by atoms with Crippen molar-refractivity contribution in [3.8, 4) is 0 Å². The molecular weight excluding hydrogens is 348 g/mol. The van der Waals surface area contributed by atoms with Crippen LogP contribution in [0.3, 0.4) is 0 Å². The maximum absolute atomic E-state index is 13.3. The topological polar surface area (TPSA) is 41.6 Å². The van der Waals surface area contributed by atoms with Crippen LogP contribution in [0.2, 0.25) is 0 Å². The van der Waals surface area contributed by atoms with Crippen LogP contribution >= 0.6 is 12.4 Å². The van der Waals surface area contributed by atoms with Crippen LogP contribution in [0.5, 0.6) is 0 Å². The molecule has 5 heteroatoms. The number of carbonyl (C=O) groups excluding carboxylic acids is 1. The quantitative estimate of drug-likeness (QED) is 0.781. The summed E-state index contributed by atoms with van der Waals surface area (Å²) in [6.45, 7) is 4.08. The first-order chi connectivity index (χ1) is 12.2. The molecule has 4 rings (SSSR count). The van der Waals surface area contributed by atoms with Crippen LogP contribution in [0.1, 0.15) is 77.6 Å². The molecule has 3 saturated heterocycles. The van der Waals surface area contributed by atoms with E-state index in [9.17, 15) is 4.79 Å². The third kappa shape index (κ3) is 4.94. The summed E-state index contributed by atoms with van der Waals surface area (Å²) in [4.78, 5) is 15.5. The van der Waals surface area contributed by atoms with Crippen molar-refractivity contribution in [3.05, 3.63) is 0 Å². The summed E-state index contributed by atoms with van der Waals surface area (Å²) in [5.74, 6) is 1.85. The third-order valence-electron chi connectivity index (χ3n) is 7.20. The largest absolute Gasteiger partial charge is 0.376 e. The number of hydrogen-bond donors (Lipinski definition) is 1. The van der Waals surface area contributed by atoms with Gasteiger partial charge >= 0.3 is 0 Å². The molecule has 4 aliphatic rings. The molecule has 0 aromatic heterocycles. The van der Waals surface area contributed by atoms with Gasteiger partial charge in [-0.2, -0.15) is 0 Å². The van der Waals surface area contributed by atoms with Gasteiger partial charge in [0.15, 0.2) is 0 Å². The minimum Gasteiger partial charge on any atom is -0.376 e. The Bertz CT molecular complexity index is 449. The van der Waals surface area contributed by atoms with E-state index in [2.05, 4.69) is 17.1 Å². The van der Waals surface area contributed by atoms with E-state index in [1.165, 1.54) is 51.4 Å². The number of nitrogens with one attached hydrogen (secondary N) is 1. The summed E-state index contributed by atoms with van der Waals surface area (Å²) in [6, 6.07) is 1.82. The molecule has 4 fully saturated rings. The van der Waals surface area contributed by atoms with E-state index < -0.39 is 0 Å². The lowest BCUT2D eigenvalue weighted by Gasteiger charge is -2.39. The molecule has 3 atom stereocenters. The molecule has 150 valence electrons. The molecule has 0 spiro atoms. The predicted molar refractivity (Wildman–Crippen MR) is 107 cm³/mol. The van der Waals surface area contributed by atoms with Gasteiger partial charge in [0.1, 0.15) is 0 Å². The van der Waals surface area contributed by atoms with Gasteiger partial charge in [0.05, 0.1) is 6.10 Å². The fourth-order valence-electron chi connectivity index (χ4n) is 5.72. The summed E-state index contributed by atoms with van der Waals surface area (Å²) >= 11 is 0. The number of halogens is 1. The second-order valence-corrected chi connectivity index (χ2v) is 9.27. The van der Waals surface area contributed by atoms with Crippen LogP contribution in [0, 0.1) is 11.8 Å². The molecule has 0 radical (unpaired) electrons. The van der Waals surface area contributed by atoms with Crippen LogP contribution in [-0.2, 0) is 9.53 Å². The highest BCUT2D eigenvalue weighted by molar-refractivity contribution is 5.85. The molecule has 3 unspecified atom stereocenters. The first-order valence-corrected chi connectivity index (χ1v) is 10.8. The SMILES string of the molecule is CC1CCC(N(CC2CCCO2)C(=O)CC2CC3CCC(C2)N3)CC1.Cl. The highest BCUT2D eigenvalue weighted by Crippen LogP contribution is 2.34. The van der Waals surface area contributed by atoms with Crippen LogP contribution in [-0.4, -0.2) is 48.2 Å². The van der Waals surface area contributed by atoms with Crippen molar-refractivity contribution in [3.63, 3.8) is 0 Å². The molecule has 2 bridgehead atoms. The van der Waals surface area contributed by atoms with Crippen molar-refractivity contribution in [2.45, 2.75) is 102 Å². The van der Waals surface area contributed by atoms with Crippen molar-refractivity contribution in [2.75, 3.05) is 13.2 Å². The van der Waals surface area contributed by atoms with E-state index in [1.54, 1.807) is 0 Å². The molecule has 3 heterocycles. The van der Waals surface area contributed by atoms with E-state index in [1.807, 2.05) is 0 Å². The lowest BCUT2D eigenvalue weighted by atomic mass is 9.85. The maximum atomic E-state index is 13.3. The first-order valence-electron chi connectivity index (χ1n) is 10.8. The minimum absolute atomic E-state index is 0. The van der Waals surface area contributed by atoms with E-state index >= 15 is 0 Å². The summed E-state index contributed by atoms with van der Waals surface area (Å²) in [5.41, 5.74) is 0. The average Bonchev–Trinajstić information content (AvgIpc) is 3.23. The van der Waals surface area contributed by atoms with Gasteiger partial charge in [-0.3, -0.25) is 4.79 Å². The molecular formula is C21H37ClN2O2. The van der Waals surface area contributed by atoms with E-state index in [-0.39, 0.29) is 18.5 Å².